The van der Waals surface area contributed by atoms with Crippen molar-refractivity contribution in [3.63, 3.8) is 0 Å². The summed E-state index contributed by atoms with van der Waals surface area (Å²) < 4.78 is 5.15. The first-order valence-corrected chi connectivity index (χ1v) is 4.82. The van der Waals surface area contributed by atoms with E-state index in [-0.39, 0.29) is 5.54 Å². The molecule has 0 saturated carbocycles. The second-order valence-corrected chi connectivity index (χ2v) is 4.02. The molecule has 0 radical (unpaired) electrons. The molecule has 1 rings (SSSR count). The highest BCUT2D eigenvalue weighted by Gasteiger charge is 2.31. The van der Waals surface area contributed by atoms with Gasteiger partial charge in [0.15, 0.2) is 0 Å². The van der Waals surface area contributed by atoms with E-state index < -0.39 is 18.0 Å². The summed E-state index contributed by atoms with van der Waals surface area (Å²) in [6.07, 6.45) is 0.738. The third-order valence-corrected chi connectivity index (χ3v) is 2.35. The van der Waals surface area contributed by atoms with Crippen molar-refractivity contribution in [2.24, 2.45) is 0 Å². The molecule has 0 aliphatic carbocycles. The molecule has 6 heteroatoms. The van der Waals surface area contributed by atoms with Crippen molar-refractivity contribution in [3.05, 3.63) is 0 Å². The molecule has 0 bridgehead atoms. The van der Waals surface area contributed by atoms with Gasteiger partial charge in [0.25, 0.3) is 0 Å². The molecule has 6 nitrogen and oxygen atoms in total. The van der Waals surface area contributed by atoms with Crippen LogP contribution in [-0.2, 0) is 9.53 Å². The lowest BCUT2D eigenvalue weighted by molar-refractivity contribution is -0.138. The Bertz CT molecular complexity index is 261. The summed E-state index contributed by atoms with van der Waals surface area (Å²) in [6, 6.07) is -1.37. The minimum atomic E-state index is -1.06. The smallest absolute Gasteiger partial charge is 0.325 e. The third kappa shape index (κ3) is 3.39. The van der Waals surface area contributed by atoms with Crippen LogP contribution < -0.4 is 10.6 Å². The molecule has 1 saturated heterocycles. The van der Waals surface area contributed by atoms with E-state index in [0.29, 0.717) is 13.2 Å². The zero-order valence-electron chi connectivity index (χ0n) is 8.87. The number of hydrogen-bond donors (Lipinski definition) is 3. The molecule has 1 heterocycles. The van der Waals surface area contributed by atoms with Gasteiger partial charge in [-0.3, -0.25) is 4.79 Å². The van der Waals surface area contributed by atoms with Crippen molar-refractivity contribution >= 4 is 12.0 Å². The molecule has 3 N–H and O–H groups in total. The quantitative estimate of drug-likeness (QED) is 0.616. The van der Waals surface area contributed by atoms with Crippen LogP contribution in [0.15, 0.2) is 0 Å². The Labute approximate surface area is 88.0 Å². The lowest BCUT2D eigenvalue weighted by Gasteiger charge is -2.24. The first-order chi connectivity index (χ1) is 6.93. The molecule has 1 unspecified atom stereocenters. The van der Waals surface area contributed by atoms with Crippen LogP contribution in [0.1, 0.15) is 20.3 Å². The number of ether oxygens (including phenoxy) is 1. The molecule has 0 aromatic carbocycles. The predicted octanol–water partition coefficient (Wildman–Crippen LogP) is -0.0623. The van der Waals surface area contributed by atoms with Gasteiger partial charge in [0, 0.05) is 6.61 Å². The fourth-order valence-electron chi connectivity index (χ4n) is 1.33. The first kappa shape index (κ1) is 11.8. The lowest BCUT2D eigenvalue weighted by Crippen LogP contribution is -2.53. The molecule has 0 aromatic rings. The number of carboxylic acids is 1. The Hall–Kier alpha value is -1.30. The molecule has 1 aliphatic rings. The molecule has 2 atom stereocenters. The van der Waals surface area contributed by atoms with Gasteiger partial charge in [-0.1, -0.05) is 0 Å². The number of amides is 2. The van der Waals surface area contributed by atoms with Gasteiger partial charge in [0.1, 0.15) is 6.04 Å². The minimum absolute atomic E-state index is 0.387. The minimum Gasteiger partial charge on any atom is -0.480 e. The highest BCUT2D eigenvalue weighted by molar-refractivity contribution is 5.82. The van der Waals surface area contributed by atoms with Gasteiger partial charge in [-0.2, -0.15) is 0 Å². The summed E-state index contributed by atoms with van der Waals surface area (Å²) >= 11 is 0. The van der Waals surface area contributed by atoms with Crippen LogP contribution in [0, 0.1) is 0 Å². The number of hydrogen-bond acceptors (Lipinski definition) is 3. The van der Waals surface area contributed by atoms with Gasteiger partial charge in [0.05, 0.1) is 12.1 Å². The van der Waals surface area contributed by atoms with Crippen molar-refractivity contribution in [1.29, 1.82) is 0 Å². The van der Waals surface area contributed by atoms with Gasteiger partial charge in [-0.25, -0.2) is 4.79 Å². The highest BCUT2D eigenvalue weighted by Crippen LogP contribution is 2.16. The second-order valence-electron chi connectivity index (χ2n) is 4.02. The predicted molar refractivity (Wildman–Crippen MR) is 52.6 cm³/mol. The first-order valence-electron chi connectivity index (χ1n) is 4.82. The number of aliphatic carboxylic acids is 1. The zero-order chi connectivity index (χ0) is 11.5. The van der Waals surface area contributed by atoms with Crippen molar-refractivity contribution in [3.8, 4) is 0 Å². The summed E-state index contributed by atoms with van der Waals surface area (Å²) in [5, 5.41) is 13.6. The maximum Gasteiger partial charge on any atom is 0.325 e. The average molecular weight is 216 g/mol. The lowest BCUT2D eigenvalue weighted by atomic mass is 10.0. The van der Waals surface area contributed by atoms with E-state index in [9.17, 15) is 9.59 Å². The Morgan fingerprint density at radius 1 is 1.53 bits per heavy atom. The van der Waals surface area contributed by atoms with E-state index >= 15 is 0 Å². The highest BCUT2D eigenvalue weighted by atomic mass is 16.5. The maximum atomic E-state index is 11.4. The van der Waals surface area contributed by atoms with Crippen LogP contribution in [0.2, 0.25) is 0 Å². The fraction of sp³-hybridized carbons (Fsp3) is 0.778. The zero-order valence-corrected chi connectivity index (χ0v) is 8.87. The maximum absolute atomic E-state index is 11.4. The number of carboxylic acid groups (broad SMARTS) is 1. The summed E-state index contributed by atoms with van der Waals surface area (Å²) in [5.74, 6) is -1.06. The Morgan fingerprint density at radius 3 is 2.67 bits per heavy atom. The summed E-state index contributed by atoms with van der Waals surface area (Å²) in [7, 11) is 0. The largest absolute Gasteiger partial charge is 0.480 e. The third-order valence-electron chi connectivity index (χ3n) is 2.35. The SMILES string of the molecule is C[C@H](NC(=O)NC1(C)CCOC1)C(=O)O. The van der Waals surface area contributed by atoms with E-state index in [1.54, 1.807) is 0 Å². The van der Waals surface area contributed by atoms with Gasteiger partial charge in [-0.15, -0.1) is 0 Å². The van der Waals surface area contributed by atoms with Crippen LogP contribution in [0.5, 0.6) is 0 Å². The summed E-state index contributed by atoms with van der Waals surface area (Å²) in [4.78, 5) is 21.9. The number of rotatable bonds is 3. The average Bonchev–Trinajstić information content (AvgIpc) is 2.50. The number of carbonyl (C=O) groups is 2. The molecule has 15 heavy (non-hydrogen) atoms. The molecular weight excluding hydrogens is 200 g/mol. The van der Waals surface area contributed by atoms with Crippen molar-refractivity contribution in [2.75, 3.05) is 13.2 Å². The van der Waals surface area contributed by atoms with E-state index in [0.717, 1.165) is 6.42 Å². The van der Waals surface area contributed by atoms with Crippen LogP contribution >= 0.6 is 0 Å². The monoisotopic (exact) mass is 216 g/mol. The standard InChI is InChI=1S/C9H16N2O4/c1-6(7(12)13)10-8(14)11-9(2)3-4-15-5-9/h6H,3-5H2,1-2H3,(H,12,13)(H2,10,11,14)/t6-,9?/m0/s1. The van der Waals surface area contributed by atoms with E-state index in [1.807, 2.05) is 6.92 Å². The Morgan fingerprint density at radius 2 is 2.20 bits per heavy atom. The van der Waals surface area contributed by atoms with E-state index in [2.05, 4.69) is 10.6 Å². The van der Waals surface area contributed by atoms with E-state index in [1.165, 1.54) is 6.92 Å². The van der Waals surface area contributed by atoms with E-state index in [4.69, 9.17) is 9.84 Å². The molecule has 0 aromatic heterocycles. The summed E-state index contributed by atoms with van der Waals surface area (Å²) in [5.41, 5.74) is -0.387. The van der Waals surface area contributed by atoms with Crippen LogP contribution in [-0.4, -0.2) is 41.9 Å². The topological polar surface area (TPSA) is 87.7 Å². The summed E-state index contributed by atoms with van der Waals surface area (Å²) in [6.45, 7) is 4.35. The van der Waals surface area contributed by atoms with Gasteiger partial charge in [0.2, 0.25) is 0 Å². The number of carbonyl (C=O) groups excluding carboxylic acids is 1. The Kier molecular flexibility index (Phi) is 3.52. The van der Waals surface area contributed by atoms with Crippen molar-refractivity contribution < 1.29 is 19.4 Å². The fourth-order valence-corrected chi connectivity index (χ4v) is 1.33. The molecule has 1 aliphatic heterocycles. The number of urea groups is 1. The second kappa shape index (κ2) is 4.48. The molecule has 1 fully saturated rings. The van der Waals surface area contributed by atoms with Crippen LogP contribution in [0.4, 0.5) is 4.79 Å². The van der Waals surface area contributed by atoms with Crippen LogP contribution in [0.3, 0.4) is 0 Å². The van der Waals surface area contributed by atoms with Crippen LogP contribution in [0.25, 0.3) is 0 Å². The van der Waals surface area contributed by atoms with Gasteiger partial charge >= 0.3 is 12.0 Å². The molecular formula is C9H16N2O4. The number of nitrogens with one attached hydrogen (secondary N) is 2. The Balaban J connectivity index is 2.38. The molecule has 86 valence electrons. The van der Waals surface area contributed by atoms with Crippen molar-refractivity contribution in [2.45, 2.75) is 31.8 Å². The van der Waals surface area contributed by atoms with Gasteiger partial charge in [-0.05, 0) is 20.3 Å². The molecule has 2 amide bonds. The van der Waals surface area contributed by atoms with Crippen molar-refractivity contribution in [1.82, 2.24) is 10.6 Å². The van der Waals surface area contributed by atoms with Gasteiger partial charge < -0.3 is 20.5 Å². The normalized spacial score (nSPS) is 27.1. The molecule has 0 spiro atoms.